The van der Waals surface area contributed by atoms with E-state index in [9.17, 15) is 21.6 Å². The van der Waals surface area contributed by atoms with Gasteiger partial charge in [-0.2, -0.15) is 0 Å². The molecule has 13 heteroatoms. The topological polar surface area (TPSA) is 144 Å². The molecule has 0 aliphatic rings. The first-order chi connectivity index (χ1) is 19.1. The lowest BCUT2D eigenvalue weighted by atomic mass is 10.3. The molecule has 0 spiro atoms. The molecule has 1 heterocycles. The molecule has 40 heavy (non-hydrogen) atoms. The molecule has 208 valence electrons. The van der Waals surface area contributed by atoms with Gasteiger partial charge < -0.3 is 14.8 Å². The van der Waals surface area contributed by atoms with Crippen LogP contribution in [0.4, 0.5) is 17.2 Å². The Morgan fingerprint density at radius 2 is 1.45 bits per heavy atom. The van der Waals surface area contributed by atoms with Crippen LogP contribution in [0.1, 0.15) is 0 Å². The minimum atomic E-state index is -4.21. The van der Waals surface area contributed by atoms with Crippen LogP contribution in [0.25, 0.3) is 0 Å². The number of nitrogens with one attached hydrogen (secondary N) is 2. The average Bonchev–Trinajstić information content (AvgIpc) is 2.96. The van der Waals surface area contributed by atoms with E-state index in [0.717, 1.165) is 4.31 Å². The summed E-state index contributed by atoms with van der Waals surface area (Å²) in [6.07, 6.45) is 1.46. The normalized spacial score (nSPS) is 11.3. The van der Waals surface area contributed by atoms with Crippen LogP contribution in [-0.2, 0) is 24.8 Å². The highest BCUT2D eigenvalue weighted by atomic mass is 32.2. The number of benzene rings is 3. The van der Waals surface area contributed by atoms with Crippen LogP contribution in [0.5, 0.6) is 11.5 Å². The molecule has 1 aromatic heterocycles. The predicted molar refractivity (Wildman–Crippen MR) is 151 cm³/mol. The van der Waals surface area contributed by atoms with Crippen molar-refractivity contribution in [3.05, 3.63) is 97.2 Å². The number of hydrogen-bond donors (Lipinski definition) is 2. The summed E-state index contributed by atoms with van der Waals surface area (Å²) < 4.78 is 66.4. The second-order valence-corrected chi connectivity index (χ2v) is 11.8. The van der Waals surface area contributed by atoms with E-state index in [1.54, 1.807) is 30.3 Å². The third-order valence-electron chi connectivity index (χ3n) is 5.64. The van der Waals surface area contributed by atoms with E-state index in [2.05, 4.69) is 15.0 Å². The lowest BCUT2D eigenvalue weighted by Crippen LogP contribution is -2.38. The Kier molecular flexibility index (Phi) is 8.55. The number of aromatic nitrogens is 1. The maximum Gasteiger partial charge on any atom is 0.264 e. The van der Waals surface area contributed by atoms with Crippen LogP contribution in [0.2, 0.25) is 0 Å². The Morgan fingerprint density at radius 1 is 0.800 bits per heavy atom. The zero-order valence-electron chi connectivity index (χ0n) is 21.5. The first kappa shape index (κ1) is 28.4. The summed E-state index contributed by atoms with van der Waals surface area (Å²) in [5.41, 5.74) is 0.432. The number of ether oxygens (including phenoxy) is 2. The van der Waals surface area contributed by atoms with Crippen molar-refractivity contribution in [1.82, 2.24) is 4.98 Å². The van der Waals surface area contributed by atoms with Gasteiger partial charge in [0.15, 0.2) is 0 Å². The van der Waals surface area contributed by atoms with Gasteiger partial charge in [-0.1, -0.05) is 18.2 Å². The number of carbonyl (C=O) groups excluding carboxylic acids is 1. The fourth-order valence-electron chi connectivity index (χ4n) is 3.68. The van der Waals surface area contributed by atoms with Gasteiger partial charge in [-0.3, -0.25) is 13.8 Å². The first-order valence-electron chi connectivity index (χ1n) is 11.8. The van der Waals surface area contributed by atoms with Gasteiger partial charge in [0.05, 0.1) is 29.7 Å². The third-order valence-corrected chi connectivity index (χ3v) is 8.79. The average molecular weight is 583 g/mol. The van der Waals surface area contributed by atoms with Crippen molar-refractivity contribution in [2.45, 2.75) is 9.79 Å². The van der Waals surface area contributed by atoms with Crippen molar-refractivity contribution in [1.29, 1.82) is 0 Å². The third kappa shape index (κ3) is 6.50. The Hall–Kier alpha value is -4.62. The largest absolute Gasteiger partial charge is 0.497 e. The van der Waals surface area contributed by atoms with E-state index in [1.807, 2.05) is 0 Å². The number of nitrogens with zero attached hydrogens (tertiary/aromatic N) is 2. The standard InChI is InChI=1S/C27H26N4O7S2/c1-37-21-12-16-23(17-13-21)40(35,36)31(24-7-3-4-8-25(24)38-2)19-27(32)29-20-10-14-22(15-11-20)39(33,34)30-26-9-5-6-18-28-26/h3-18H,19H2,1-2H3,(H,28,30)(H,29,32). The second-order valence-electron chi connectivity index (χ2n) is 8.25. The highest BCUT2D eigenvalue weighted by Gasteiger charge is 2.29. The smallest absolute Gasteiger partial charge is 0.264 e. The Morgan fingerprint density at radius 3 is 2.08 bits per heavy atom. The maximum atomic E-state index is 13.7. The van der Waals surface area contributed by atoms with Gasteiger partial charge >= 0.3 is 0 Å². The van der Waals surface area contributed by atoms with Crippen LogP contribution in [0.15, 0.2) is 107 Å². The first-order valence-corrected chi connectivity index (χ1v) is 14.7. The van der Waals surface area contributed by atoms with Crippen LogP contribution in [0, 0.1) is 0 Å². The summed E-state index contributed by atoms with van der Waals surface area (Å²) in [6.45, 7) is -0.587. The Labute approximate surface area is 232 Å². The summed E-state index contributed by atoms with van der Waals surface area (Å²) in [4.78, 5) is 16.9. The van der Waals surface area contributed by atoms with Gasteiger partial charge in [-0.15, -0.1) is 0 Å². The van der Waals surface area contributed by atoms with E-state index in [4.69, 9.17) is 9.47 Å². The van der Waals surface area contributed by atoms with Crippen molar-refractivity contribution < 1.29 is 31.1 Å². The monoisotopic (exact) mass is 582 g/mol. The number of carbonyl (C=O) groups is 1. The van der Waals surface area contributed by atoms with Gasteiger partial charge in [0.25, 0.3) is 20.0 Å². The highest BCUT2D eigenvalue weighted by molar-refractivity contribution is 7.93. The van der Waals surface area contributed by atoms with Crippen molar-refractivity contribution in [2.75, 3.05) is 35.1 Å². The summed E-state index contributed by atoms with van der Waals surface area (Å²) >= 11 is 0. The number of sulfonamides is 2. The van der Waals surface area contributed by atoms with Crippen LogP contribution < -0.4 is 23.8 Å². The molecule has 0 aliphatic carbocycles. The summed E-state index contributed by atoms with van der Waals surface area (Å²) in [5.74, 6) is 0.225. The van der Waals surface area contributed by atoms with Crippen molar-refractivity contribution in [3.8, 4) is 11.5 Å². The molecular formula is C27H26N4O7S2. The quantitative estimate of drug-likeness (QED) is 0.272. The summed E-state index contributed by atoms with van der Waals surface area (Å²) in [5, 5.41) is 2.62. The van der Waals surface area contributed by atoms with Crippen molar-refractivity contribution >= 4 is 43.1 Å². The summed E-state index contributed by atoms with van der Waals surface area (Å²) in [7, 11) is -5.26. The van der Waals surface area contributed by atoms with Gasteiger partial charge in [0.2, 0.25) is 5.91 Å². The fourth-order valence-corrected chi connectivity index (χ4v) is 6.12. The minimum Gasteiger partial charge on any atom is -0.497 e. The van der Waals surface area contributed by atoms with E-state index >= 15 is 0 Å². The molecule has 1 amide bonds. The van der Waals surface area contributed by atoms with E-state index in [0.29, 0.717) is 5.75 Å². The van der Waals surface area contributed by atoms with Gasteiger partial charge in [0, 0.05) is 11.9 Å². The van der Waals surface area contributed by atoms with Gasteiger partial charge in [-0.05, 0) is 72.8 Å². The number of amides is 1. The SMILES string of the molecule is COc1ccc(S(=O)(=O)N(CC(=O)Nc2ccc(S(=O)(=O)Nc3ccccn3)cc2)c2ccccc2OC)cc1. The van der Waals surface area contributed by atoms with Crippen molar-refractivity contribution in [2.24, 2.45) is 0 Å². The number of methoxy groups -OCH3 is 2. The molecule has 2 N–H and O–H groups in total. The molecule has 0 saturated heterocycles. The highest BCUT2D eigenvalue weighted by Crippen LogP contribution is 2.32. The minimum absolute atomic E-state index is 0.0473. The molecule has 0 unspecified atom stereocenters. The lowest BCUT2D eigenvalue weighted by molar-refractivity contribution is -0.114. The maximum absolute atomic E-state index is 13.7. The molecule has 0 saturated carbocycles. The number of pyridine rings is 1. The van der Waals surface area contributed by atoms with Crippen LogP contribution >= 0.6 is 0 Å². The number of anilines is 3. The number of para-hydroxylation sites is 2. The van der Waals surface area contributed by atoms with E-state index in [-0.39, 0.29) is 32.7 Å². The van der Waals surface area contributed by atoms with Gasteiger partial charge in [0.1, 0.15) is 23.9 Å². The molecule has 4 rings (SSSR count). The lowest BCUT2D eigenvalue weighted by Gasteiger charge is -2.25. The molecule has 0 atom stereocenters. The molecule has 0 radical (unpaired) electrons. The van der Waals surface area contributed by atoms with Gasteiger partial charge in [-0.25, -0.2) is 21.8 Å². The predicted octanol–water partition coefficient (Wildman–Crippen LogP) is 3.73. The Bertz CT molecular complexity index is 1680. The second kappa shape index (κ2) is 12.1. The molecule has 0 fully saturated rings. The molecule has 11 nitrogen and oxygen atoms in total. The molecule has 4 aromatic rings. The molecular weight excluding hydrogens is 556 g/mol. The number of hydrogen-bond acceptors (Lipinski definition) is 8. The molecule has 3 aromatic carbocycles. The molecule has 0 bridgehead atoms. The van der Waals surface area contributed by atoms with Crippen LogP contribution in [-0.4, -0.2) is 48.5 Å². The number of rotatable bonds is 11. The fraction of sp³-hybridized carbons (Fsp3) is 0.111. The Balaban J connectivity index is 1.56. The van der Waals surface area contributed by atoms with E-state index < -0.39 is 32.5 Å². The summed E-state index contributed by atoms with van der Waals surface area (Å²) in [6, 6.07) is 22.4. The van der Waals surface area contributed by atoms with Crippen molar-refractivity contribution in [3.63, 3.8) is 0 Å². The zero-order valence-corrected chi connectivity index (χ0v) is 23.1. The molecule has 0 aliphatic heterocycles. The zero-order chi connectivity index (χ0) is 28.8. The van der Waals surface area contributed by atoms with Crippen LogP contribution in [0.3, 0.4) is 0 Å². The van der Waals surface area contributed by atoms with E-state index in [1.165, 1.54) is 81.1 Å².